The van der Waals surface area contributed by atoms with Gasteiger partial charge in [-0.15, -0.1) is 0 Å². The number of alkyl halides is 1. The Morgan fingerprint density at radius 1 is 1.29 bits per heavy atom. The van der Waals surface area contributed by atoms with E-state index >= 15 is 0 Å². The van der Waals surface area contributed by atoms with Gasteiger partial charge >= 0.3 is 0 Å². The van der Waals surface area contributed by atoms with Crippen LogP contribution in [0.2, 0.25) is 0 Å². The Bertz CT molecular complexity index is 30.1. The zero-order chi connectivity index (χ0) is 5.54. The fraction of sp³-hybridized carbons (Fsp3) is 1.00. The molecule has 0 bridgehead atoms. The highest BCUT2D eigenvalue weighted by Gasteiger charge is 1.82. The summed E-state index contributed by atoms with van der Waals surface area (Å²) in [6.07, 6.45) is 0. The largest absolute Gasteiger partial charge is 0.348 e. The van der Waals surface area contributed by atoms with Crippen LogP contribution in [0.1, 0.15) is 0 Å². The van der Waals surface area contributed by atoms with Gasteiger partial charge in [0.25, 0.3) is 0 Å². The molecule has 0 rings (SSSR count). The van der Waals surface area contributed by atoms with Crippen LogP contribution in [0.25, 0.3) is 0 Å². The third-order valence-electron chi connectivity index (χ3n) is 0.382. The van der Waals surface area contributed by atoms with Gasteiger partial charge in [0.15, 0.2) is 6.86 Å². The molecule has 0 heterocycles. The summed E-state index contributed by atoms with van der Waals surface area (Å²) in [6.45, 7) is -1.12. The first kappa shape index (κ1) is 6.78. The van der Waals surface area contributed by atoms with Gasteiger partial charge in [-0.25, -0.2) is 4.39 Å². The van der Waals surface area contributed by atoms with Crippen molar-refractivity contribution in [2.75, 3.05) is 20.1 Å². The third kappa shape index (κ3) is 5.78. The average molecular weight is 112 g/mol. The summed E-state index contributed by atoms with van der Waals surface area (Å²) in [7, 11) is 0. The second-order valence-electron chi connectivity index (χ2n) is 0.831. The highest BCUT2D eigenvalue weighted by atomic mass is 19.3. The van der Waals surface area contributed by atoms with Crippen LogP contribution in [0.15, 0.2) is 0 Å². The smallest absolute Gasteiger partial charge is 0.188 e. The average Bonchev–Trinajstić information content (AvgIpc) is 1.69. The number of rotatable bonds is 4. The first-order valence-electron chi connectivity index (χ1n) is 1.79. The van der Waals surface area contributed by atoms with Crippen LogP contribution in [0, 0.1) is 0 Å². The molecule has 0 aromatic rings. The molecule has 2 nitrogen and oxygen atoms in total. The summed E-state index contributed by atoms with van der Waals surface area (Å²) < 4.78 is 25.6. The molecule has 0 N–H and O–H groups in total. The minimum Gasteiger partial charge on any atom is -0.348 e. The van der Waals surface area contributed by atoms with Crippen LogP contribution < -0.4 is 0 Å². The number of ether oxygens (including phenoxy) is 1. The summed E-state index contributed by atoms with van der Waals surface area (Å²) in [5.74, 6) is 0. The van der Waals surface area contributed by atoms with E-state index in [0.29, 0.717) is 0 Å². The van der Waals surface area contributed by atoms with Gasteiger partial charge in [-0.2, -0.15) is 4.94 Å². The summed E-state index contributed by atoms with van der Waals surface area (Å²) in [5.41, 5.74) is 0. The highest BCUT2D eigenvalue weighted by molar-refractivity contribution is 4.17. The molecule has 0 amide bonds. The summed E-state index contributed by atoms with van der Waals surface area (Å²) >= 11 is 0. The predicted molar refractivity (Wildman–Crippen MR) is 19.0 cm³/mol. The lowest BCUT2D eigenvalue weighted by Gasteiger charge is -1.90. The third-order valence-corrected chi connectivity index (χ3v) is 0.382. The minimum atomic E-state index is -0.886. The van der Waals surface area contributed by atoms with Crippen molar-refractivity contribution in [3.8, 4) is 0 Å². The van der Waals surface area contributed by atoms with Crippen molar-refractivity contribution in [1.29, 1.82) is 0 Å². The molecule has 0 aliphatic rings. The molecule has 0 atom stereocenters. The van der Waals surface area contributed by atoms with Gasteiger partial charge in [0, 0.05) is 0 Å². The normalized spacial score (nSPS) is 9.43. The zero-order valence-corrected chi connectivity index (χ0v) is 3.69. The van der Waals surface area contributed by atoms with Crippen LogP contribution in [-0.2, 0) is 9.68 Å². The van der Waals surface area contributed by atoms with Crippen molar-refractivity contribution in [3.05, 3.63) is 0 Å². The first-order chi connectivity index (χ1) is 3.41. The van der Waals surface area contributed by atoms with Crippen LogP contribution in [0.3, 0.4) is 0 Å². The van der Waals surface area contributed by atoms with Gasteiger partial charge < -0.3 is 4.74 Å². The molecule has 0 aromatic heterocycles. The monoisotopic (exact) mass is 112 g/mol. The molecular formula is C3H6F2O2. The molecule has 0 spiro atoms. The number of hydrogen-bond acceptors (Lipinski definition) is 2. The summed E-state index contributed by atoms with van der Waals surface area (Å²) in [4.78, 5) is 3.05. The van der Waals surface area contributed by atoms with Gasteiger partial charge in [-0.05, 0) is 4.53 Å². The molecule has 0 saturated heterocycles. The van der Waals surface area contributed by atoms with E-state index in [4.69, 9.17) is 0 Å². The molecule has 0 fully saturated rings. The standard InChI is InChI=1S/C3H6F2O2/c4-3-6-1-2-7-5/h1-3H2. The van der Waals surface area contributed by atoms with Crippen molar-refractivity contribution in [1.82, 2.24) is 0 Å². The fourth-order valence-electron chi connectivity index (χ4n) is 0.145. The van der Waals surface area contributed by atoms with Crippen LogP contribution in [0.5, 0.6) is 0 Å². The molecule has 4 heteroatoms. The van der Waals surface area contributed by atoms with E-state index in [1.54, 1.807) is 0 Å². The second kappa shape index (κ2) is 5.78. The van der Waals surface area contributed by atoms with Crippen LogP contribution in [0.4, 0.5) is 8.92 Å². The molecule has 0 aliphatic carbocycles. The van der Waals surface area contributed by atoms with Crippen LogP contribution >= 0.6 is 0 Å². The summed E-state index contributed by atoms with van der Waals surface area (Å²) in [5, 5.41) is 0. The molecule has 44 valence electrons. The van der Waals surface area contributed by atoms with Crippen molar-refractivity contribution in [3.63, 3.8) is 0 Å². The lowest BCUT2D eigenvalue weighted by atomic mass is 10.8. The van der Waals surface area contributed by atoms with Crippen molar-refractivity contribution >= 4 is 0 Å². The van der Waals surface area contributed by atoms with Gasteiger partial charge in [0.1, 0.15) is 6.61 Å². The van der Waals surface area contributed by atoms with E-state index in [9.17, 15) is 8.92 Å². The van der Waals surface area contributed by atoms with Gasteiger partial charge in [-0.3, -0.25) is 0 Å². The Balaban J connectivity index is 2.45. The topological polar surface area (TPSA) is 18.5 Å². The van der Waals surface area contributed by atoms with E-state index in [-0.39, 0.29) is 13.2 Å². The molecule has 7 heavy (non-hydrogen) atoms. The Morgan fingerprint density at radius 3 is 2.43 bits per heavy atom. The lowest BCUT2D eigenvalue weighted by Crippen LogP contribution is -1.97. The van der Waals surface area contributed by atoms with Crippen molar-refractivity contribution < 1.29 is 18.6 Å². The quantitative estimate of drug-likeness (QED) is 0.501. The minimum absolute atomic E-state index is 0.0347. The van der Waals surface area contributed by atoms with Crippen LogP contribution in [-0.4, -0.2) is 20.1 Å². The second-order valence-corrected chi connectivity index (χ2v) is 0.831. The maximum absolute atomic E-state index is 10.9. The Hall–Kier alpha value is -0.220. The number of halogens is 2. The van der Waals surface area contributed by atoms with Gasteiger partial charge in [0.05, 0.1) is 6.61 Å². The molecular weight excluding hydrogens is 106 g/mol. The van der Waals surface area contributed by atoms with Crippen molar-refractivity contribution in [2.24, 2.45) is 0 Å². The zero-order valence-electron chi connectivity index (χ0n) is 3.69. The fourth-order valence-corrected chi connectivity index (χ4v) is 0.145. The number of hydrogen-bond donors (Lipinski definition) is 0. The van der Waals surface area contributed by atoms with E-state index in [1.165, 1.54) is 0 Å². The molecule has 0 saturated carbocycles. The molecule has 0 radical (unpaired) electrons. The highest BCUT2D eigenvalue weighted by Crippen LogP contribution is 1.76. The van der Waals surface area contributed by atoms with Crippen molar-refractivity contribution in [2.45, 2.75) is 0 Å². The van der Waals surface area contributed by atoms with E-state index < -0.39 is 6.86 Å². The molecule has 0 unspecified atom stereocenters. The van der Waals surface area contributed by atoms with Gasteiger partial charge in [-0.1, -0.05) is 0 Å². The van der Waals surface area contributed by atoms with E-state index in [0.717, 1.165) is 0 Å². The SMILES string of the molecule is FCOCCOF. The maximum Gasteiger partial charge on any atom is 0.188 e. The Morgan fingerprint density at radius 2 is 2.00 bits per heavy atom. The Kier molecular flexibility index (Phi) is 5.60. The maximum atomic E-state index is 10.9. The molecule has 0 aromatic carbocycles. The van der Waals surface area contributed by atoms with Gasteiger partial charge in [0.2, 0.25) is 0 Å². The first-order valence-corrected chi connectivity index (χ1v) is 1.79. The predicted octanol–water partition coefficient (Wildman–Crippen LogP) is 0.831. The summed E-state index contributed by atoms with van der Waals surface area (Å²) in [6, 6.07) is 0. The lowest BCUT2D eigenvalue weighted by molar-refractivity contribution is -0.149. The Labute approximate surface area is 39.9 Å². The molecule has 0 aliphatic heterocycles. The van der Waals surface area contributed by atoms with E-state index in [2.05, 4.69) is 9.68 Å². The van der Waals surface area contributed by atoms with E-state index in [1.807, 2.05) is 0 Å².